The molecule has 4 heteroatoms. The molecule has 2 aromatic rings. The zero-order chi connectivity index (χ0) is 13.0. The summed E-state index contributed by atoms with van der Waals surface area (Å²) >= 11 is 3.43. The van der Waals surface area contributed by atoms with Crippen molar-refractivity contribution in [2.24, 2.45) is 0 Å². The first-order valence-corrected chi connectivity index (χ1v) is 6.32. The van der Waals surface area contributed by atoms with Crippen molar-refractivity contribution in [3.05, 3.63) is 63.9 Å². The average molecular weight is 310 g/mol. The Kier molecular flexibility index (Phi) is 4.33. The maximum absolute atomic E-state index is 13.5. The first-order chi connectivity index (χ1) is 8.68. The molecule has 0 radical (unpaired) electrons. The fourth-order valence-electron chi connectivity index (χ4n) is 1.61. The van der Waals surface area contributed by atoms with E-state index in [4.69, 9.17) is 10.5 Å². The summed E-state index contributed by atoms with van der Waals surface area (Å²) in [4.78, 5) is 0. The van der Waals surface area contributed by atoms with E-state index >= 15 is 0 Å². The Bertz CT molecular complexity index is 525. The Labute approximate surface area is 114 Å². The van der Waals surface area contributed by atoms with Crippen molar-refractivity contribution >= 4 is 21.6 Å². The molecule has 0 aromatic heterocycles. The van der Waals surface area contributed by atoms with E-state index in [1.807, 2.05) is 24.3 Å². The molecule has 2 N–H and O–H groups in total. The van der Waals surface area contributed by atoms with Gasteiger partial charge in [0.25, 0.3) is 0 Å². The predicted octanol–water partition coefficient (Wildman–Crippen LogP) is 3.89. The van der Waals surface area contributed by atoms with Crippen molar-refractivity contribution < 1.29 is 9.13 Å². The molecule has 0 saturated heterocycles. The van der Waals surface area contributed by atoms with Crippen molar-refractivity contribution in [3.63, 3.8) is 0 Å². The molecule has 0 atom stereocenters. The van der Waals surface area contributed by atoms with E-state index in [-0.39, 0.29) is 12.4 Å². The molecule has 2 aromatic carbocycles. The number of anilines is 1. The van der Waals surface area contributed by atoms with E-state index < -0.39 is 0 Å². The maximum Gasteiger partial charge on any atom is 0.130 e. The largest absolute Gasteiger partial charge is 0.398 e. The third kappa shape index (κ3) is 3.09. The summed E-state index contributed by atoms with van der Waals surface area (Å²) in [5, 5.41) is 0. The van der Waals surface area contributed by atoms with Gasteiger partial charge in [0, 0.05) is 15.7 Å². The van der Waals surface area contributed by atoms with Crippen LogP contribution in [0.1, 0.15) is 11.1 Å². The predicted molar refractivity (Wildman–Crippen MR) is 73.4 cm³/mol. The SMILES string of the molecule is Nc1cccc(F)c1COCc1ccccc1Br. The Morgan fingerprint density at radius 1 is 1.06 bits per heavy atom. The number of nitrogen functional groups attached to an aromatic ring is 1. The van der Waals surface area contributed by atoms with Crippen LogP contribution < -0.4 is 5.73 Å². The maximum atomic E-state index is 13.5. The quantitative estimate of drug-likeness (QED) is 0.870. The number of benzene rings is 2. The Morgan fingerprint density at radius 3 is 2.56 bits per heavy atom. The van der Waals surface area contributed by atoms with Gasteiger partial charge in [-0.05, 0) is 23.8 Å². The van der Waals surface area contributed by atoms with E-state index in [0.29, 0.717) is 17.9 Å². The summed E-state index contributed by atoms with van der Waals surface area (Å²) < 4.78 is 20.0. The lowest BCUT2D eigenvalue weighted by molar-refractivity contribution is 0.105. The molecule has 2 rings (SSSR count). The van der Waals surface area contributed by atoms with E-state index in [0.717, 1.165) is 10.0 Å². The van der Waals surface area contributed by atoms with E-state index in [1.165, 1.54) is 6.07 Å². The van der Waals surface area contributed by atoms with Crippen molar-refractivity contribution in [1.82, 2.24) is 0 Å². The molecule has 2 nitrogen and oxygen atoms in total. The van der Waals surface area contributed by atoms with Gasteiger partial charge in [0.2, 0.25) is 0 Å². The van der Waals surface area contributed by atoms with Gasteiger partial charge in [-0.3, -0.25) is 0 Å². The molecule has 0 saturated carbocycles. The second kappa shape index (κ2) is 5.98. The summed E-state index contributed by atoms with van der Waals surface area (Å²) in [6.45, 7) is 0.578. The molecule has 0 aliphatic rings. The Morgan fingerprint density at radius 2 is 1.83 bits per heavy atom. The molecule has 0 aliphatic carbocycles. The van der Waals surface area contributed by atoms with Crippen LogP contribution in [0.2, 0.25) is 0 Å². The molecule has 18 heavy (non-hydrogen) atoms. The van der Waals surface area contributed by atoms with Gasteiger partial charge in [-0.2, -0.15) is 0 Å². The van der Waals surface area contributed by atoms with Crippen LogP contribution in [0.15, 0.2) is 46.9 Å². The lowest BCUT2D eigenvalue weighted by Crippen LogP contribution is -2.01. The highest BCUT2D eigenvalue weighted by molar-refractivity contribution is 9.10. The normalized spacial score (nSPS) is 10.6. The molecule has 0 unspecified atom stereocenters. The van der Waals surface area contributed by atoms with E-state index in [1.54, 1.807) is 12.1 Å². The van der Waals surface area contributed by atoms with E-state index in [9.17, 15) is 4.39 Å². The van der Waals surface area contributed by atoms with Gasteiger partial charge in [-0.25, -0.2) is 4.39 Å². The van der Waals surface area contributed by atoms with Crippen molar-refractivity contribution in [1.29, 1.82) is 0 Å². The van der Waals surface area contributed by atoms with Gasteiger partial charge in [0.05, 0.1) is 13.2 Å². The smallest absolute Gasteiger partial charge is 0.130 e. The minimum Gasteiger partial charge on any atom is -0.398 e. The number of hydrogen-bond acceptors (Lipinski definition) is 2. The third-order valence-electron chi connectivity index (χ3n) is 2.62. The van der Waals surface area contributed by atoms with Crippen molar-refractivity contribution in [2.45, 2.75) is 13.2 Å². The van der Waals surface area contributed by atoms with Crippen LogP contribution in [-0.4, -0.2) is 0 Å². The van der Waals surface area contributed by atoms with Gasteiger partial charge >= 0.3 is 0 Å². The summed E-state index contributed by atoms with van der Waals surface area (Å²) in [6.07, 6.45) is 0. The summed E-state index contributed by atoms with van der Waals surface area (Å²) in [5.41, 5.74) is 7.55. The van der Waals surface area contributed by atoms with Crippen LogP contribution in [0.3, 0.4) is 0 Å². The minimum atomic E-state index is -0.331. The molecular weight excluding hydrogens is 297 g/mol. The molecule has 0 heterocycles. The molecule has 94 valence electrons. The molecule has 0 amide bonds. The summed E-state index contributed by atoms with van der Waals surface area (Å²) in [5.74, 6) is -0.331. The van der Waals surface area contributed by atoms with Gasteiger partial charge in [-0.15, -0.1) is 0 Å². The third-order valence-corrected chi connectivity index (χ3v) is 3.39. The highest BCUT2D eigenvalue weighted by atomic mass is 79.9. The van der Waals surface area contributed by atoms with Crippen LogP contribution in [0.5, 0.6) is 0 Å². The topological polar surface area (TPSA) is 35.2 Å². The molecule has 0 aliphatic heterocycles. The zero-order valence-electron chi connectivity index (χ0n) is 9.70. The van der Waals surface area contributed by atoms with Crippen molar-refractivity contribution in [3.8, 4) is 0 Å². The average Bonchev–Trinajstić information content (AvgIpc) is 2.35. The monoisotopic (exact) mass is 309 g/mol. The van der Waals surface area contributed by atoms with Crippen molar-refractivity contribution in [2.75, 3.05) is 5.73 Å². The summed E-state index contributed by atoms with van der Waals surface area (Å²) in [7, 11) is 0. The molecule has 0 bridgehead atoms. The van der Waals surface area contributed by atoms with Gasteiger partial charge in [0.15, 0.2) is 0 Å². The van der Waals surface area contributed by atoms with Gasteiger partial charge in [-0.1, -0.05) is 40.2 Å². The Hall–Kier alpha value is -1.39. The first-order valence-electron chi connectivity index (χ1n) is 5.52. The van der Waals surface area contributed by atoms with E-state index in [2.05, 4.69) is 15.9 Å². The lowest BCUT2D eigenvalue weighted by Gasteiger charge is -2.09. The molecule has 0 fully saturated rings. The number of hydrogen-bond donors (Lipinski definition) is 1. The van der Waals surface area contributed by atoms with Crippen LogP contribution in [0.25, 0.3) is 0 Å². The van der Waals surface area contributed by atoms with Crippen LogP contribution in [-0.2, 0) is 18.0 Å². The van der Waals surface area contributed by atoms with Crippen LogP contribution in [0.4, 0.5) is 10.1 Å². The zero-order valence-corrected chi connectivity index (χ0v) is 11.3. The second-order valence-electron chi connectivity index (χ2n) is 3.89. The molecular formula is C14H13BrFNO. The summed E-state index contributed by atoms with van der Waals surface area (Å²) in [6, 6.07) is 12.4. The van der Waals surface area contributed by atoms with Gasteiger partial charge in [0.1, 0.15) is 5.82 Å². The lowest BCUT2D eigenvalue weighted by atomic mass is 10.2. The molecule has 0 spiro atoms. The Balaban J connectivity index is 1.99. The number of nitrogens with two attached hydrogens (primary N) is 1. The number of halogens is 2. The second-order valence-corrected chi connectivity index (χ2v) is 4.75. The number of rotatable bonds is 4. The first kappa shape index (κ1) is 13.1. The minimum absolute atomic E-state index is 0.167. The fraction of sp³-hybridized carbons (Fsp3) is 0.143. The highest BCUT2D eigenvalue weighted by Gasteiger charge is 2.06. The van der Waals surface area contributed by atoms with Crippen LogP contribution >= 0.6 is 15.9 Å². The highest BCUT2D eigenvalue weighted by Crippen LogP contribution is 2.20. The fourth-order valence-corrected chi connectivity index (χ4v) is 2.01. The van der Waals surface area contributed by atoms with Gasteiger partial charge < -0.3 is 10.5 Å². The van der Waals surface area contributed by atoms with Crippen LogP contribution in [0, 0.1) is 5.82 Å². The number of ether oxygens (including phenoxy) is 1. The standard InChI is InChI=1S/C14H13BrFNO/c15-12-5-2-1-4-10(12)8-18-9-11-13(16)6-3-7-14(11)17/h1-7H,8-9,17H2.